The van der Waals surface area contributed by atoms with Crippen LogP contribution in [-0.2, 0) is 4.79 Å². The van der Waals surface area contributed by atoms with Crippen molar-refractivity contribution in [2.24, 2.45) is 0 Å². The lowest BCUT2D eigenvalue weighted by atomic mass is 10.2. The maximum Gasteiger partial charge on any atom is 0.266 e. The van der Waals surface area contributed by atoms with E-state index in [1.54, 1.807) is 32.2 Å². The molecule has 3 aromatic rings. The summed E-state index contributed by atoms with van der Waals surface area (Å²) in [6.45, 7) is 3.55. The number of rotatable bonds is 6. The van der Waals surface area contributed by atoms with Crippen molar-refractivity contribution >= 4 is 34.0 Å². The molecule has 140 valence electrons. The Bertz CT molecular complexity index is 944. The summed E-state index contributed by atoms with van der Waals surface area (Å²) in [7, 11) is 1.61. The lowest BCUT2D eigenvalue weighted by molar-refractivity contribution is -0.122. The zero-order valence-electron chi connectivity index (χ0n) is 15.0. The van der Waals surface area contributed by atoms with E-state index in [1.165, 1.54) is 11.3 Å². The van der Waals surface area contributed by atoms with Gasteiger partial charge in [0.05, 0.1) is 7.11 Å². The maximum atomic E-state index is 12.4. The molecule has 2 aromatic carbocycles. The number of ether oxygens (including phenoxy) is 2. The number of aromatic nitrogens is 2. The minimum Gasteiger partial charge on any atom is -0.497 e. The standard InChI is InChI=1S/C19H18ClN3O3S/c1-11-10-15(8-9-16(11)20)26-12(2)17(24)21-19-23-22-18(27-19)13-4-6-14(25-3)7-5-13/h4-10,12H,1-3H3,(H,21,23,24)/t12-/m0/s1. The molecule has 1 N–H and O–H groups in total. The second-order valence-electron chi connectivity index (χ2n) is 5.80. The van der Waals surface area contributed by atoms with Crippen LogP contribution in [0, 0.1) is 6.92 Å². The van der Waals surface area contributed by atoms with Crippen LogP contribution >= 0.6 is 22.9 Å². The molecule has 6 nitrogen and oxygen atoms in total. The van der Waals surface area contributed by atoms with Gasteiger partial charge in [-0.2, -0.15) is 0 Å². The van der Waals surface area contributed by atoms with Crippen LogP contribution in [0.1, 0.15) is 12.5 Å². The monoisotopic (exact) mass is 403 g/mol. The van der Waals surface area contributed by atoms with Gasteiger partial charge >= 0.3 is 0 Å². The van der Waals surface area contributed by atoms with Gasteiger partial charge in [-0.25, -0.2) is 0 Å². The average molecular weight is 404 g/mol. The Balaban J connectivity index is 1.63. The van der Waals surface area contributed by atoms with Crippen LogP contribution in [0.2, 0.25) is 5.02 Å². The molecule has 0 fully saturated rings. The first-order chi connectivity index (χ1) is 13.0. The number of anilines is 1. The molecule has 0 saturated carbocycles. The molecule has 0 radical (unpaired) electrons. The number of amides is 1. The van der Waals surface area contributed by atoms with E-state index in [4.69, 9.17) is 21.1 Å². The van der Waals surface area contributed by atoms with Gasteiger partial charge < -0.3 is 9.47 Å². The van der Waals surface area contributed by atoms with E-state index in [2.05, 4.69) is 15.5 Å². The fourth-order valence-corrected chi connectivity index (χ4v) is 3.15. The molecule has 1 atom stereocenters. The molecule has 1 heterocycles. The first kappa shape index (κ1) is 19.1. The van der Waals surface area contributed by atoms with Crippen molar-refractivity contribution in [1.82, 2.24) is 10.2 Å². The summed E-state index contributed by atoms with van der Waals surface area (Å²) in [5, 5.41) is 12.6. The van der Waals surface area contributed by atoms with Crippen molar-refractivity contribution in [3.8, 4) is 22.1 Å². The van der Waals surface area contributed by atoms with Gasteiger partial charge in [-0.1, -0.05) is 22.9 Å². The summed E-state index contributed by atoms with van der Waals surface area (Å²) >= 11 is 7.29. The van der Waals surface area contributed by atoms with E-state index in [-0.39, 0.29) is 5.91 Å². The van der Waals surface area contributed by atoms with E-state index in [0.29, 0.717) is 20.9 Å². The van der Waals surface area contributed by atoms with Gasteiger partial charge in [0.2, 0.25) is 5.13 Å². The van der Waals surface area contributed by atoms with E-state index in [1.807, 2.05) is 31.2 Å². The highest BCUT2D eigenvalue weighted by Gasteiger charge is 2.17. The number of hydrogen-bond acceptors (Lipinski definition) is 6. The van der Waals surface area contributed by atoms with Crippen molar-refractivity contribution in [1.29, 1.82) is 0 Å². The third-order valence-corrected chi connectivity index (χ3v) is 5.12. The average Bonchev–Trinajstić information content (AvgIpc) is 3.13. The molecule has 0 spiro atoms. The van der Waals surface area contributed by atoms with Crippen LogP contribution in [0.15, 0.2) is 42.5 Å². The third kappa shape index (κ3) is 4.75. The van der Waals surface area contributed by atoms with Crippen LogP contribution in [0.4, 0.5) is 5.13 Å². The Morgan fingerprint density at radius 1 is 1.15 bits per heavy atom. The first-order valence-electron chi connectivity index (χ1n) is 8.18. The Kier molecular flexibility index (Phi) is 5.93. The summed E-state index contributed by atoms with van der Waals surface area (Å²) in [5.74, 6) is 1.04. The topological polar surface area (TPSA) is 73.3 Å². The summed E-state index contributed by atoms with van der Waals surface area (Å²) in [4.78, 5) is 12.4. The van der Waals surface area contributed by atoms with Gasteiger partial charge in [0.1, 0.15) is 16.5 Å². The SMILES string of the molecule is COc1ccc(-c2nnc(NC(=O)[C@H](C)Oc3ccc(Cl)c(C)c3)s2)cc1. The van der Waals surface area contributed by atoms with Crippen LogP contribution in [0.3, 0.4) is 0 Å². The van der Waals surface area contributed by atoms with Gasteiger partial charge in [0, 0.05) is 10.6 Å². The highest BCUT2D eigenvalue weighted by atomic mass is 35.5. The second-order valence-corrected chi connectivity index (χ2v) is 7.19. The molecule has 1 amide bonds. The zero-order chi connectivity index (χ0) is 19.4. The molecule has 1 aromatic heterocycles. The zero-order valence-corrected chi connectivity index (χ0v) is 16.6. The molecule has 3 rings (SSSR count). The predicted molar refractivity (Wildman–Crippen MR) is 107 cm³/mol. The number of carbonyl (C=O) groups is 1. The van der Waals surface area contributed by atoms with Crippen LogP contribution in [0.25, 0.3) is 10.6 Å². The van der Waals surface area contributed by atoms with Crippen molar-refractivity contribution in [2.75, 3.05) is 12.4 Å². The lowest BCUT2D eigenvalue weighted by Crippen LogP contribution is -2.30. The Morgan fingerprint density at radius 2 is 1.85 bits per heavy atom. The van der Waals surface area contributed by atoms with Gasteiger partial charge in [0.15, 0.2) is 6.10 Å². The second kappa shape index (κ2) is 8.37. The molecule has 0 unspecified atom stereocenters. The summed E-state index contributed by atoms with van der Waals surface area (Å²) in [6, 6.07) is 12.7. The predicted octanol–water partition coefficient (Wildman–Crippen LogP) is 4.58. The minimum absolute atomic E-state index is 0.306. The summed E-state index contributed by atoms with van der Waals surface area (Å²) in [5.41, 5.74) is 1.78. The number of benzene rings is 2. The van der Waals surface area contributed by atoms with E-state index < -0.39 is 6.10 Å². The maximum absolute atomic E-state index is 12.4. The fraction of sp³-hybridized carbons (Fsp3) is 0.211. The summed E-state index contributed by atoms with van der Waals surface area (Å²) in [6.07, 6.45) is -0.695. The number of carbonyl (C=O) groups excluding carboxylic acids is 1. The Morgan fingerprint density at radius 3 is 2.52 bits per heavy atom. The number of methoxy groups -OCH3 is 1. The number of nitrogens with zero attached hydrogens (tertiary/aromatic N) is 2. The highest BCUT2D eigenvalue weighted by molar-refractivity contribution is 7.18. The largest absolute Gasteiger partial charge is 0.497 e. The van der Waals surface area contributed by atoms with Crippen molar-refractivity contribution in [2.45, 2.75) is 20.0 Å². The molecule has 0 aliphatic carbocycles. The van der Waals surface area contributed by atoms with Crippen LogP contribution in [0.5, 0.6) is 11.5 Å². The van der Waals surface area contributed by atoms with Gasteiger partial charge in [-0.05, 0) is 61.9 Å². The van der Waals surface area contributed by atoms with E-state index in [9.17, 15) is 4.79 Å². The molecular formula is C19H18ClN3O3S. The van der Waals surface area contributed by atoms with Gasteiger partial charge in [-0.15, -0.1) is 10.2 Å². The molecule has 0 aliphatic rings. The molecule has 0 saturated heterocycles. The lowest BCUT2D eigenvalue weighted by Gasteiger charge is -2.14. The van der Waals surface area contributed by atoms with Crippen LogP contribution < -0.4 is 14.8 Å². The number of aryl methyl sites for hydroxylation is 1. The molecule has 8 heteroatoms. The van der Waals surface area contributed by atoms with Crippen molar-refractivity contribution < 1.29 is 14.3 Å². The molecule has 0 aliphatic heterocycles. The Hall–Kier alpha value is -2.64. The van der Waals surface area contributed by atoms with E-state index in [0.717, 1.165) is 16.9 Å². The number of hydrogen-bond donors (Lipinski definition) is 1. The quantitative estimate of drug-likeness (QED) is 0.652. The molecule has 0 bridgehead atoms. The van der Waals surface area contributed by atoms with Gasteiger partial charge in [-0.3, -0.25) is 10.1 Å². The van der Waals surface area contributed by atoms with Crippen LogP contribution in [-0.4, -0.2) is 29.3 Å². The fourth-order valence-electron chi connectivity index (χ4n) is 2.28. The highest BCUT2D eigenvalue weighted by Crippen LogP contribution is 2.28. The third-order valence-electron chi connectivity index (χ3n) is 3.80. The molecule has 27 heavy (non-hydrogen) atoms. The smallest absolute Gasteiger partial charge is 0.266 e. The number of nitrogens with one attached hydrogen (secondary N) is 1. The van der Waals surface area contributed by atoms with Gasteiger partial charge in [0.25, 0.3) is 5.91 Å². The summed E-state index contributed by atoms with van der Waals surface area (Å²) < 4.78 is 10.8. The first-order valence-corrected chi connectivity index (χ1v) is 9.37. The van der Waals surface area contributed by atoms with Crippen molar-refractivity contribution in [3.63, 3.8) is 0 Å². The Labute approximate surface area is 166 Å². The van der Waals surface area contributed by atoms with Crippen molar-refractivity contribution in [3.05, 3.63) is 53.1 Å². The molecular weight excluding hydrogens is 386 g/mol. The number of halogens is 1. The minimum atomic E-state index is -0.695. The van der Waals surface area contributed by atoms with E-state index >= 15 is 0 Å². The normalized spacial score (nSPS) is 11.7.